The summed E-state index contributed by atoms with van der Waals surface area (Å²) in [6, 6.07) is 6.13. The zero-order valence-corrected chi connectivity index (χ0v) is 13.5. The van der Waals surface area contributed by atoms with E-state index in [1.807, 2.05) is 11.0 Å². The number of H-pyrrole nitrogens is 1. The number of hydrogen-bond acceptors (Lipinski definition) is 5. The number of benzene rings is 1. The zero-order valence-electron chi connectivity index (χ0n) is 13.5. The van der Waals surface area contributed by atoms with Crippen LogP contribution in [0.2, 0.25) is 0 Å². The molecule has 0 bridgehead atoms. The van der Waals surface area contributed by atoms with Crippen molar-refractivity contribution in [2.45, 2.75) is 38.8 Å². The number of fused-ring (bicyclic) bond motifs is 1. The lowest BCUT2D eigenvalue weighted by atomic mass is 10.0. The van der Waals surface area contributed by atoms with Crippen molar-refractivity contribution in [2.24, 2.45) is 0 Å². The maximum absolute atomic E-state index is 12.7. The summed E-state index contributed by atoms with van der Waals surface area (Å²) < 4.78 is 1.45. The third-order valence-corrected chi connectivity index (χ3v) is 4.48. The molecule has 1 unspecified atom stereocenters. The first-order chi connectivity index (χ1) is 11.7. The smallest absolute Gasteiger partial charge is 0.245 e. The number of tetrazole rings is 1. The average Bonchev–Trinajstić information content (AvgIpc) is 3.23. The second-order valence-electron chi connectivity index (χ2n) is 6.25. The summed E-state index contributed by atoms with van der Waals surface area (Å²) in [4.78, 5) is 22.7. The Morgan fingerprint density at radius 3 is 3.12 bits per heavy atom. The molecular weight excluding hydrogens is 306 g/mol. The first-order valence-corrected chi connectivity index (χ1v) is 8.17. The Kier molecular flexibility index (Phi) is 3.72. The number of rotatable bonds is 3. The Bertz CT molecular complexity index is 855. The van der Waals surface area contributed by atoms with E-state index in [1.165, 1.54) is 16.6 Å². The zero-order chi connectivity index (χ0) is 16.5. The molecule has 1 aliphatic rings. The molecule has 8 heteroatoms. The molecule has 24 heavy (non-hydrogen) atoms. The van der Waals surface area contributed by atoms with Crippen molar-refractivity contribution in [1.82, 2.24) is 35.1 Å². The standard InChI is InChI=1S/C16H19N7O/c1-11-5-6-12-13(8-11)19-16(18-12)14-4-2-3-7-23(14)15(24)9-22-10-17-20-21-22/h5-6,8,10,14H,2-4,7,9H2,1H3,(H,18,19). The highest BCUT2D eigenvalue weighted by atomic mass is 16.2. The van der Waals surface area contributed by atoms with Gasteiger partial charge in [0, 0.05) is 6.54 Å². The van der Waals surface area contributed by atoms with Crippen molar-refractivity contribution in [3.05, 3.63) is 35.9 Å². The molecule has 3 heterocycles. The Morgan fingerprint density at radius 2 is 2.29 bits per heavy atom. The Labute approximate surface area is 138 Å². The fourth-order valence-electron chi connectivity index (χ4n) is 3.30. The second-order valence-corrected chi connectivity index (χ2v) is 6.25. The number of imidazole rings is 1. The van der Waals surface area contributed by atoms with Gasteiger partial charge in [-0.2, -0.15) is 0 Å². The molecule has 0 spiro atoms. The van der Waals surface area contributed by atoms with Gasteiger partial charge in [-0.15, -0.1) is 5.10 Å². The van der Waals surface area contributed by atoms with Crippen LogP contribution in [-0.2, 0) is 11.3 Å². The molecule has 1 aromatic carbocycles. The van der Waals surface area contributed by atoms with E-state index in [0.29, 0.717) is 0 Å². The maximum atomic E-state index is 12.7. The van der Waals surface area contributed by atoms with E-state index in [2.05, 4.69) is 39.6 Å². The number of likely N-dealkylation sites (tertiary alicyclic amines) is 1. The molecule has 0 radical (unpaired) electrons. The van der Waals surface area contributed by atoms with Gasteiger partial charge in [0.1, 0.15) is 18.7 Å². The fourth-order valence-corrected chi connectivity index (χ4v) is 3.30. The van der Waals surface area contributed by atoms with Crippen LogP contribution in [-0.4, -0.2) is 47.5 Å². The first-order valence-electron chi connectivity index (χ1n) is 8.17. The van der Waals surface area contributed by atoms with Gasteiger partial charge in [-0.05, 0) is 54.3 Å². The molecule has 8 nitrogen and oxygen atoms in total. The molecule has 2 aromatic heterocycles. The topological polar surface area (TPSA) is 92.6 Å². The minimum atomic E-state index is -0.0181. The number of piperidine rings is 1. The molecule has 1 N–H and O–H groups in total. The first kappa shape index (κ1) is 14.8. The van der Waals surface area contributed by atoms with E-state index in [9.17, 15) is 4.79 Å². The van der Waals surface area contributed by atoms with Crippen molar-refractivity contribution in [2.75, 3.05) is 6.54 Å². The highest BCUT2D eigenvalue weighted by Crippen LogP contribution is 2.30. The van der Waals surface area contributed by atoms with Gasteiger partial charge in [0.05, 0.1) is 17.1 Å². The number of aromatic nitrogens is 6. The van der Waals surface area contributed by atoms with Crippen LogP contribution in [0, 0.1) is 6.92 Å². The van der Waals surface area contributed by atoms with Gasteiger partial charge in [0.15, 0.2) is 0 Å². The third-order valence-electron chi connectivity index (χ3n) is 4.48. The van der Waals surface area contributed by atoms with Crippen molar-refractivity contribution < 1.29 is 4.79 Å². The molecule has 0 aliphatic carbocycles. The molecule has 1 fully saturated rings. The van der Waals surface area contributed by atoms with Gasteiger partial charge in [-0.25, -0.2) is 9.67 Å². The van der Waals surface area contributed by atoms with Crippen LogP contribution in [0.25, 0.3) is 11.0 Å². The van der Waals surface area contributed by atoms with Crippen LogP contribution >= 0.6 is 0 Å². The molecular formula is C16H19N7O. The number of carbonyl (C=O) groups excluding carboxylic acids is 1. The lowest BCUT2D eigenvalue weighted by molar-refractivity contribution is -0.136. The molecule has 4 rings (SSSR count). The minimum absolute atomic E-state index is 0.0173. The molecule has 1 saturated heterocycles. The summed E-state index contributed by atoms with van der Waals surface area (Å²) >= 11 is 0. The molecule has 1 aliphatic heterocycles. The Balaban J connectivity index is 1.61. The van der Waals surface area contributed by atoms with Crippen LogP contribution in [0.15, 0.2) is 24.5 Å². The number of nitrogens with zero attached hydrogens (tertiary/aromatic N) is 6. The summed E-state index contributed by atoms with van der Waals surface area (Å²) in [6.45, 7) is 2.95. The number of aryl methyl sites for hydroxylation is 1. The molecule has 1 atom stereocenters. The monoisotopic (exact) mass is 325 g/mol. The number of aromatic amines is 1. The molecule has 1 amide bonds. The largest absolute Gasteiger partial charge is 0.340 e. The molecule has 124 valence electrons. The van der Waals surface area contributed by atoms with E-state index in [4.69, 9.17) is 4.98 Å². The maximum Gasteiger partial charge on any atom is 0.245 e. The van der Waals surface area contributed by atoms with Gasteiger partial charge in [-0.1, -0.05) is 6.07 Å². The quantitative estimate of drug-likeness (QED) is 0.790. The fraction of sp³-hybridized carbons (Fsp3) is 0.438. The number of carbonyl (C=O) groups is 1. The summed E-state index contributed by atoms with van der Waals surface area (Å²) in [5, 5.41) is 10.9. The van der Waals surface area contributed by atoms with Crippen molar-refractivity contribution in [3.63, 3.8) is 0 Å². The van der Waals surface area contributed by atoms with E-state index in [-0.39, 0.29) is 18.5 Å². The van der Waals surface area contributed by atoms with E-state index in [1.54, 1.807) is 0 Å². The van der Waals surface area contributed by atoms with Crippen LogP contribution in [0.3, 0.4) is 0 Å². The van der Waals surface area contributed by atoms with Gasteiger partial charge in [0.2, 0.25) is 5.91 Å². The lowest BCUT2D eigenvalue weighted by Gasteiger charge is -2.34. The van der Waals surface area contributed by atoms with Crippen LogP contribution in [0.5, 0.6) is 0 Å². The lowest BCUT2D eigenvalue weighted by Crippen LogP contribution is -2.40. The van der Waals surface area contributed by atoms with Crippen LogP contribution < -0.4 is 0 Å². The van der Waals surface area contributed by atoms with E-state index < -0.39 is 0 Å². The number of hydrogen-bond donors (Lipinski definition) is 1. The van der Waals surface area contributed by atoms with Gasteiger partial charge in [-0.3, -0.25) is 4.79 Å². The highest BCUT2D eigenvalue weighted by Gasteiger charge is 2.30. The predicted molar refractivity (Wildman–Crippen MR) is 87.0 cm³/mol. The Morgan fingerprint density at radius 1 is 1.38 bits per heavy atom. The normalized spacial score (nSPS) is 18.2. The summed E-state index contributed by atoms with van der Waals surface area (Å²) in [6.07, 6.45) is 4.48. The second kappa shape index (κ2) is 6.03. The molecule has 3 aromatic rings. The Hall–Kier alpha value is -2.77. The van der Waals surface area contributed by atoms with Crippen molar-refractivity contribution in [1.29, 1.82) is 0 Å². The summed E-state index contributed by atoms with van der Waals surface area (Å²) in [5.41, 5.74) is 3.14. The summed E-state index contributed by atoms with van der Waals surface area (Å²) in [7, 11) is 0. The SMILES string of the molecule is Cc1ccc2nc(C3CCCCN3C(=O)Cn3cnnn3)[nH]c2c1. The molecule has 0 saturated carbocycles. The van der Waals surface area contributed by atoms with Crippen LogP contribution in [0.1, 0.15) is 36.7 Å². The van der Waals surface area contributed by atoms with Gasteiger partial charge < -0.3 is 9.88 Å². The predicted octanol–water partition coefficient (Wildman–Crippen LogP) is 1.61. The highest BCUT2D eigenvalue weighted by molar-refractivity contribution is 5.78. The van der Waals surface area contributed by atoms with Gasteiger partial charge in [0.25, 0.3) is 0 Å². The third kappa shape index (κ3) is 2.75. The minimum Gasteiger partial charge on any atom is -0.340 e. The van der Waals surface area contributed by atoms with Crippen molar-refractivity contribution >= 4 is 16.9 Å². The average molecular weight is 325 g/mol. The number of amides is 1. The van der Waals surface area contributed by atoms with Crippen LogP contribution in [0.4, 0.5) is 0 Å². The van der Waals surface area contributed by atoms with Gasteiger partial charge >= 0.3 is 0 Å². The number of nitrogens with one attached hydrogen (secondary N) is 1. The summed E-state index contributed by atoms with van der Waals surface area (Å²) in [5.74, 6) is 0.879. The van der Waals surface area contributed by atoms with Crippen molar-refractivity contribution in [3.8, 4) is 0 Å². The van der Waals surface area contributed by atoms with E-state index in [0.717, 1.165) is 42.7 Å². The van der Waals surface area contributed by atoms with E-state index >= 15 is 0 Å².